The summed E-state index contributed by atoms with van der Waals surface area (Å²) in [6.07, 6.45) is 3.00. The van der Waals surface area contributed by atoms with Gasteiger partial charge in [0, 0.05) is 18.5 Å². The highest BCUT2D eigenvalue weighted by Gasteiger charge is 2.36. The summed E-state index contributed by atoms with van der Waals surface area (Å²) in [5.41, 5.74) is 0.258. The molecule has 0 radical (unpaired) electrons. The fourth-order valence-corrected chi connectivity index (χ4v) is 4.62. The normalized spacial score (nSPS) is 22.7. The van der Waals surface area contributed by atoms with Gasteiger partial charge in [-0.05, 0) is 52.2 Å². The van der Waals surface area contributed by atoms with Gasteiger partial charge in [-0.1, -0.05) is 12.1 Å². The molecule has 1 saturated heterocycles. The number of aromatic amines is 1. The minimum atomic E-state index is -0.949. The van der Waals surface area contributed by atoms with Crippen LogP contribution in [0.1, 0.15) is 57.9 Å². The van der Waals surface area contributed by atoms with Gasteiger partial charge in [-0.2, -0.15) is 4.98 Å². The number of carbonyl (C=O) groups excluding carboxylic acids is 2. The number of hydrogen-bond acceptors (Lipinski definition) is 6. The number of nitrogens with zero attached hydrogens (tertiary/aromatic N) is 2. The van der Waals surface area contributed by atoms with Crippen LogP contribution in [0.5, 0.6) is 5.75 Å². The fraction of sp³-hybridized carbons (Fsp3) is 0.478. The minimum Gasteiger partial charge on any atom is -0.492 e. The predicted octanol–water partition coefficient (Wildman–Crippen LogP) is 3.00. The molecule has 9 heteroatoms. The van der Waals surface area contributed by atoms with E-state index in [1.165, 1.54) is 0 Å². The Morgan fingerprint density at radius 3 is 2.66 bits per heavy atom. The second kappa shape index (κ2) is 9.02. The molecule has 2 aliphatic heterocycles. The number of anilines is 3. The van der Waals surface area contributed by atoms with Crippen LogP contribution in [0, 0.1) is 0 Å². The first-order valence-corrected chi connectivity index (χ1v) is 11.1. The lowest BCUT2D eigenvalue weighted by atomic mass is 9.92. The Kier molecular flexibility index (Phi) is 6.16. The Hall–Kier alpha value is -3.36. The van der Waals surface area contributed by atoms with Gasteiger partial charge < -0.3 is 20.3 Å². The van der Waals surface area contributed by atoms with Crippen molar-refractivity contribution in [2.24, 2.45) is 0 Å². The van der Waals surface area contributed by atoms with Crippen LogP contribution in [-0.4, -0.2) is 40.5 Å². The van der Waals surface area contributed by atoms with E-state index in [1.54, 1.807) is 18.2 Å². The van der Waals surface area contributed by atoms with Gasteiger partial charge in [0.25, 0.3) is 5.56 Å². The Bertz CT molecular complexity index is 1070. The number of rotatable bonds is 5. The number of ether oxygens (including phenoxy) is 1. The van der Waals surface area contributed by atoms with E-state index >= 15 is 0 Å². The van der Waals surface area contributed by atoms with Crippen molar-refractivity contribution in [3.8, 4) is 5.75 Å². The molecule has 32 heavy (non-hydrogen) atoms. The molecule has 0 spiro atoms. The summed E-state index contributed by atoms with van der Waals surface area (Å²) in [6.45, 7) is 6.49. The maximum absolute atomic E-state index is 13.1. The van der Waals surface area contributed by atoms with E-state index in [1.807, 2.05) is 13.0 Å². The SMILES string of the molecule is CCOc1ccccc1NC(=O)C1CC(=O)Nc2nc(N3C(C)CCCC3C)[nH]c(=O)c21. The molecular formula is C23H29N5O4. The van der Waals surface area contributed by atoms with Crippen LogP contribution in [0.3, 0.4) is 0 Å². The van der Waals surface area contributed by atoms with Crippen LogP contribution in [0.15, 0.2) is 29.1 Å². The van der Waals surface area contributed by atoms with Crippen molar-refractivity contribution in [2.45, 2.75) is 64.5 Å². The van der Waals surface area contributed by atoms with E-state index in [-0.39, 0.29) is 35.8 Å². The van der Waals surface area contributed by atoms with Crippen LogP contribution in [0.2, 0.25) is 0 Å². The third-order valence-electron chi connectivity index (χ3n) is 6.14. The van der Waals surface area contributed by atoms with Crippen LogP contribution >= 0.6 is 0 Å². The Labute approximate surface area is 186 Å². The molecular weight excluding hydrogens is 410 g/mol. The van der Waals surface area contributed by atoms with Gasteiger partial charge in [-0.3, -0.25) is 19.4 Å². The number of carbonyl (C=O) groups is 2. The number of fused-ring (bicyclic) bond motifs is 1. The zero-order chi connectivity index (χ0) is 22.8. The topological polar surface area (TPSA) is 116 Å². The highest BCUT2D eigenvalue weighted by atomic mass is 16.5. The molecule has 0 bridgehead atoms. The first-order valence-electron chi connectivity index (χ1n) is 11.1. The summed E-state index contributed by atoms with van der Waals surface area (Å²) >= 11 is 0. The van der Waals surface area contributed by atoms with Gasteiger partial charge in [0.1, 0.15) is 11.6 Å². The van der Waals surface area contributed by atoms with Gasteiger partial charge in [0.05, 0.1) is 23.8 Å². The summed E-state index contributed by atoms with van der Waals surface area (Å²) < 4.78 is 5.56. The van der Waals surface area contributed by atoms with Crippen molar-refractivity contribution in [3.05, 3.63) is 40.2 Å². The molecule has 1 fully saturated rings. The molecule has 4 rings (SSSR count). The number of piperidine rings is 1. The number of nitrogens with one attached hydrogen (secondary N) is 3. The average Bonchev–Trinajstić information content (AvgIpc) is 2.74. The van der Waals surface area contributed by atoms with Crippen molar-refractivity contribution >= 4 is 29.3 Å². The molecule has 2 amide bonds. The number of amides is 2. The van der Waals surface area contributed by atoms with Crippen LogP contribution in [0.25, 0.3) is 0 Å². The summed E-state index contributed by atoms with van der Waals surface area (Å²) in [7, 11) is 0. The third kappa shape index (κ3) is 4.19. The van der Waals surface area contributed by atoms with Crippen molar-refractivity contribution in [2.75, 3.05) is 22.1 Å². The van der Waals surface area contributed by atoms with Crippen molar-refractivity contribution in [3.63, 3.8) is 0 Å². The monoisotopic (exact) mass is 439 g/mol. The molecule has 1 aromatic heterocycles. The minimum absolute atomic E-state index is 0.129. The molecule has 3 unspecified atom stereocenters. The number of benzene rings is 1. The lowest BCUT2D eigenvalue weighted by Gasteiger charge is -2.39. The van der Waals surface area contributed by atoms with Gasteiger partial charge in [-0.15, -0.1) is 0 Å². The molecule has 0 saturated carbocycles. The molecule has 3 N–H and O–H groups in total. The van der Waals surface area contributed by atoms with E-state index in [4.69, 9.17) is 4.74 Å². The van der Waals surface area contributed by atoms with E-state index in [0.717, 1.165) is 19.3 Å². The number of H-pyrrole nitrogens is 1. The molecule has 2 aromatic rings. The highest BCUT2D eigenvalue weighted by Crippen LogP contribution is 2.33. The Morgan fingerprint density at radius 1 is 1.22 bits per heavy atom. The lowest BCUT2D eigenvalue weighted by molar-refractivity contribution is -0.123. The third-order valence-corrected chi connectivity index (χ3v) is 6.14. The first kappa shape index (κ1) is 21.9. The van der Waals surface area contributed by atoms with Crippen molar-refractivity contribution in [1.29, 1.82) is 0 Å². The Morgan fingerprint density at radius 2 is 1.94 bits per heavy atom. The van der Waals surface area contributed by atoms with E-state index in [9.17, 15) is 14.4 Å². The van der Waals surface area contributed by atoms with Crippen LogP contribution in [-0.2, 0) is 9.59 Å². The van der Waals surface area contributed by atoms with Gasteiger partial charge in [0.15, 0.2) is 0 Å². The standard InChI is InChI=1S/C23H29N5O4/c1-4-32-17-11-6-5-10-16(17)24-21(30)15-12-18(29)25-20-19(15)22(31)27-23(26-20)28-13(2)8-7-9-14(28)3/h5-6,10-11,13-15H,4,7-9,12H2,1-3H3,(H,24,30)(H2,25,26,27,29,31). The summed E-state index contributed by atoms with van der Waals surface area (Å²) in [4.78, 5) is 48.2. The highest BCUT2D eigenvalue weighted by molar-refractivity contribution is 6.05. The molecule has 0 aliphatic carbocycles. The molecule has 1 aromatic carbocycles. The maximum Gasteiger partial charge on any atom is 0.258 e. The second-order valence-electron chi connectivity index (χ2n) is 8.41. The second-order valence-corrected chi connectivity index (χ2v) is 8.41. The van der Waals surface area contributed by atoms with Crippen molar-refractivity contribution in [1.82, 2.24) is 9.97 Å². The van der Waals surface area contributed by atoms with Crippen LogP contribution in [0.4, 0.5) is 17.5 Å². The maximum atomic E-state index is 13.1. The van der Waals surface area contributed by atoms with Gasteiger partial charge >= 0.3 is 0 Å². The zero-order valence-corrected chi connectivity index (χ0v) is 18.6. The van der Waals surface area contributed by atoms with Crippen molar-refractivity contribution < 1.29 is 14.3 Å². The van der Waals surface area contributed by atoms with Gasteiger partial charge in [-0.25, -0.2) is 0 Å². The number of para-hydroxylation sites is 2. The summed E-state index contributed by atoms with van der Waals surface area (Å²) in [5, 5.41) is 5.50. The molecule has 3 heterocycles. The molecule has 170 valence electrons. The quantitative estimate of drug-likeness (QED) is 0.659. The van der Waals surface area contributed by atoms with E-state index < -0.39 is 17.4 Å². The zero-order valence-electron chi connectivity index (χ0n) is 18.6. The number of hydrogen-bond donors (Lipinski definition) is 3. The fourth-order valence-electron chi connectivity index (χ4n) is 4.62. The van der Waals surface area contributed by atoms with E-state index in [0.29, 0.717) is 24.0 Å². The molecule has 9 nitrogen and oxygen atoms in total. The summed E-state index contributed by atoms with van der Waals surface area (Å²) in [6, 6.07) is 7.49. The average molecular weight is 440 g/mol. The first-order chi connectivity index (χ1) is 15.4. The molecule has 2 aliphatic rings. The number of aromatic nitrogens is 2. The summed E-state index contributed by atoms with van der Waals surface area (Å²) in [5.74, 6) is -0.638. The Balaban J connectivity index is 1.67. The predicted molar refractivity (Wildman–Crippen MR) is 122 cm³/mol. The van der Waals surface area contributed by atoms with Gasteiger partial charge in [0.2, 0.25) is 17.8 Å². The lowest BCUT2D eigenvalue weighted by Crippen LogP contribution is -2.46. The largest absolute Gasteiger partial charge is 0.492 e. The van der Waals surface area contributed by atoms with Crippen LogP contribution < -0.4 is 25.8 Å². The smallest absolute Gasteiger partial charge is 0.258 e. The van der Waals surface area contributed by atoms with E-state index in [2.05, 4.69) is 39.3 Å². The molecule has 3 atom stereocenters.